The summed E-state index contributed by atoms with van der Waals surface area (Å²) in [6, 6.07) is 0.851. The largest absolute Gasteiger partial charge is 0.353 e. The molecule has 1 fully saturated rings. The van der Waals surface area contributed by atoms with Crippen molar-refractivity contribution in [1.29, 1.82) is 0 Å². The van der Waals surface area contributed by atoms with Crippen LogP contribution in [-0.4, -0.2) is 18.0 Å². The summed E-state index contributed by atoms with van der Waals surface area (Å²) in [6.45, 7) is 6.51. The molecule has 0 saturated heterocycles. The molecule has 0 aromatic rings. The lowest BCUT2D eigenvalue weighted by molar-refractivity contribution is 0.479. The highest BCUT2D eigenvalue weighted by Gasteiger charge is 2.15. The van der Waals surface area contributed by atoms with Crippen LogP contribution in [0.3, 0.4) is 0 Å². The fourth-order valence-electron chi connectivity index (χ4n) is 1.71. The fraction of sp³-hybridized carbons (Fsp3) is 0.909. The van der Waals surface area contributed by atoms with E-state index in [1.165, 1.54) is 25.7 Å². The van der Waals surface area contributed by atoms with E-state index in [4.69, 9.17) is 5.84 Å². The van der Waals surface area contributed by atoms with Gasteiger partial charge in [0.2, 0.25) is 5.96 Å². The minimum Gasteiger partial charge on any atom is -0.353 e. The fourth-order valence-corrected chi connectivity index (χ4v) is 1.71. The van der Waals surface area contributed by atoms with Crippen LogP contribution in [0.25, 0.3) is 0 Å². The molecule has 15 heavy (non-hydrogen) atoms. The van der Waals surface area contributed by atoms with Crippen molar-refractivity contribution < 1.29 is 0 Å². The van der Waals surface area contributed by atoms with Gasteiger partial charge in [0.1, 0.15) is 0 Å². The summed E-state index contributed by atoms with van der Waals surface area (Å²) in [7, 11) is 0. The van der Waals surface area contributed by atoms with Crippen molar-refractivity contribution in [3.05, 3.63) is 0 Å². The van der Waals surface area contributed by atoms with Crippen LogP contribution in [-0.2, 0) is 0 Å². The second kappa shape index (κ2) is 5.95. The third kappa shape index (κ3) is 4.08. The minimum atomic E-state index is 0.390. The smallest absolute Gasteiger partial charge is 0.206 e. The Balaban J connectivity index is 2.46. The zero-order valence-corrected chi connectivity index (χ0v) is 10.1. The normalized spacial score (nSPS) is 20.7. The third-order valence-corrected chi connectivity index (χ3v) is 3.14. The zero-order chi connectivity index (χ0) is 11.3. The Kier molecular flexibility index (Phi) is 4.88. The van der Waals surface area contributed by atoms with Gasteiger partial charge in [0.05, 0.1) is 6.04 Å². The predicted octanol–water partition coefficient (Wildman–Crippen LogP) is 1.38. The van der Waals surface area contributed by atoms with E-state index in [2.05, 4.69) is 36.5 Å². The second-order valence-electron chi connectivity index (χ2n) is 4.74. The molecule has 4 nitrogen and oxygen atoms in total. The second-order valence-corrected chi connectivity index (χ2v) is 4.74. The van der Waals surface area contributed by atoms with Crippen molar-refractivity contribution >= 4 is 5.96 Å². The summed E-state index contributed by atoms with van der Waals surface area (Å²) in [4.78, 5) is 4.59. The van der Waals surface area contributed by atoms with Crippen LogP contribution in [0.5, 0.6) is 0 Å². The van der Waals surface area contributed by atoms with Gasteiger partial charge < -0.3 is 5.32 Å². The van der Waals surface area contributed by atoms with E-state index < -0.39 is 0 Å². The maximum Gasteiger partial charge on any atom is 0.206 e. The highest BCUT2D eigenvalue weighted by Crippen LogP contribution is 2.20. The third-order valence-electron chi connectivity index (χ3n) is 3.14. The number of hydrazine groups is 1. The Morgan fingerprint density at radius 2 is 1.87 bits per heavy atom. The summed E-state index contributed by atoms with van der Waals surface area (Å²) in [5, 5.41) is 3.31. The SMILES string of the molecule is CC(C)C(C)NC(=NC1CCCC1)NN. The van der Waals surface area contributed by atoms with E-state index in [-0.39, 0.29) is 0 Å². The average molecular weight is 212 g/mol. The Bertz CT molecular complexity index is 207. The van der Waals surface area contributed by atoms with Gasteiger partial charge in [0.15, 0.2) is 0 Å². The molecular formula is C11H24N4. The van der Waals surface area contributed by atoms with Gasteiger partial charge in [0, 0.05) is 6.04 Å². The van der Waals surface area contributed by atoms with Gasteiger partial charge in [-0.1, -0.05) is 26.7 Å². The van der Waals surface area contributed by atoms with E-state index in [1.54, 1.807) is 0 Å². The molecule has 88 valence electrons. The molecule has 0 heterocycles. The van der Waals surface area contributed by atoms with Gasteiger partial charge in [-0.2, -0.15) is 0 Å². The van der Waals surface area contributed by atoms with E-state index in [0.717, 1.165) is 5.96 Å². The van der Waals surface area contributed by atoms with Gasteiger partial charge in [-0.05, 0) is 25.7 Å². The maximum absolute atomic E-state index is 5.46. The Morgan fingerprint density at radius 3 is 2.33 bits per heavy atom. The molecule has 1 aliphatic rings. The van der Waals surface area contributed by atoms with E-state index in [0.29, 0.717) is 18.0 Å². The number of hydrogen-bond donors (Lipinski definition) is 3. The highest BCUT2D eigenvalue weighted by atomic mass is 15.3. The lowest BCUT2D eigenvalue weighted by Crippen LogP contribution is -2.47. The van der Waals surface area contributed by atoms with Crippen LogP contribution in [0.4, 0.5) is 0 Å². The van der Waals surface area contributed by atoms with Crippen molar-refractivity contribution in [2.45, 2.75) is 58.5 Å². The molecule has 0 amide bonds. The van der Waals surface area contributed by atoms with E-state index >= 15 is 0 Å². The molecule has 1 aliphatic carbocycles. The first-order valence-electron chi connectivity index (χ1n) is 5.94. The first kappa shape index (κ1) is 12.3. The zero-order valence-electron chi connectivity index (χ0n) is 10.1. The Hall–Kier alpha value is -0.770. The average Bonchev–Trinajstić information content (AvgIpc) is 2.69. The maximum atomic E-state index is 5.46. The Morgan fingerprint density at radius 1 is 1.27 bits per heavy atom. The molecule has 0 spiro atoms. The predicted molar refractivity (Wildman–Crippen MR) is 64.4 cm³/mol. The highest BCUT2D eigenvalue weighted by molar-refractivity contribution is 5.79. The molecule has 4 heteroatoms. The van der Waals surface area contributed by atoms with Gasteiger partial charge in [0.25, 0.3) is 0 Å². The number of aliphatic imine (C=N–C) groups is 1. The molecule has 0 radical (unpaired) electrons. The molecule has 1 atom stereocenters. The molecule has 4 N–H and O–H groups in total. The first-order chi connectivity index (χ1) is 7.13. The first-order valence-corrected chi connectivity index (χ1v) is 5.94. The molecular weight excluding hydrogens is 188 g/mol. The van der Waals surface area contributed by atoms with E-state index in [1.807, 2.05) is 0 Å². The number of hydrogen-bond acceptors (Lipinski definition) is 2. The van der Waals surface area contributed by atoms with Crippen molar-refractivity contribution in [2.24, 2.45) is 16.8 Å². The summed E-state index contributed by atoms with van der Waals surface area (Å²) < 4.78 is 0. The van der Waals surface area contributed by atoms with Crippen LogP contribution in [0.1, 0.15) is 46.5 Å². The van der Waals surface area contributed by atoms with Gasteiger partial charge >= 0.3 is 0 Å². The quantitative estimate of drug-likeness (QED) is 0.287. The standard InChI is InChI=1S/C11H24N4/c1-8(2)9(3)13-11(15-12)14-10-6-4-5-7-10/h8-10H,4-7,12H2,1-3H3,(H2,13,14,15). The molecule has 0 aromatic heterocycles. The van der Waals surface area contributed by atoms with E-state index in [9.17, 15) is 0 Å². The van der Waals surface area contributed by atoms with Crippen LogP contribution in [0.15, 0.2) is 4.99 Å². The lowest BCUT2D eigenvalue weighted by Gasteiger charge is -2.20. The molecule has 0 aromatic carbocycles. The van der Waals surface area contributed by atoms with Crippen molar-refractivity contribution in [3.63, 3.8) is 0 Å². The number of nitrogens with one attached hydrogen (secondary N) is 2. The van der Waals surface area contributed by atoms with Gasteiger partial charge in [-0.15, -0.1) is 0 Å². The topological polar surface area (TPSA) is 62.4 Å². The van der Waals surface area contributed by atoms with Crippen molar-refractivity contribution in [3.8, 4) is 0 Å². The minimum absolute atomic E-state index is 0.390. The van der Waals surface area contributed by atoms with Crippen molar-refractivity contribution in [1.82, 2.24) is 10.7 Å². The Labute approximate surface area is 92.7 Å². The van der Waals surface area contributed by atoms with Crippen LogP contribution in [0.2, 0.25) is 0 Å². The lowest BCUT2D eigenvalue weighted by atomic mass is 10.1. The number of nitrogens with two attached hydrogens (primary N) is 1. The summed E-state index contributed by atoms with van der Waals surface area (Å²) >= 11 is 0. The number of nitrogens with zero attached hydrogens (tertiary/aromatic N) is 1. The van der Waals surface area contributed by atoms with Crippen LogP contribution < -0.4 is 16.6 Å². The molecule has 1 rings (SSSR count). The van der Waals surface area contributed by atoms with Crippen molar-refractivity contribution in [2.75, 3.05) is 0 Å². The monoisotopic (exact) mass is 212 g/mol. The van der Waals surface area contributed by atoms with Gasteiger partial charge in [-0.3, -0.25) is 5.43 Å². The number of rotatable bonds is 3. The van der Waals surface area contributed by atoms with Gasteiger partial charge in [-0.25, -0.2) is 10.8 Å². The van der Waals surface area contributed by atoms with Crippen LogP contribution in [0, 0.1) is 5.92 Å². The summed E-state index contributed by atoms with van der Waals surface area (Å²) in [5.74, 6) is 6.77. The molecule has 0 aliphatic heterocycles. The molecule has 0 bridgehead atoms. The number of guanidine groups is 1. The summed E-state index contributed by atoms with van der Waals surface area (Å²) in [6.07, 6.45) is 4.99. The van der Waals surface area contributed by atoms with Crippen LogP contribution >= 0.6 is 0 Å². The molecule has 1 saturated carbocycles. The summed E-state index contributed by atoms with van der Waals surface area (Å²) in [5.41, 5.74) is 2.65. The molecule has 1 unspecified atom stereocenters.